The summed E-state index contributed by atoms with van der Waals surface area (Å²) >= 11 is 0. The SMILES string of the molecule is Fc1c(F)c(F)c(CN2CCN(c3ncccn3)CC2)c(F)c1F. The van der Waals surface area contributed by atoms with Gasteiger partial charge < -0.3 is 4.90 Å². The Morgan fingerprint density at radius 1 is 0.750 bits per heavy atom. The molecule has 24 heavy (non-hydrogen) atoms. The first-order valence-corrected chi connectivity index (χ1v) is 7.23. The van der Waals surface area contributed by atoms with Crippen LogP contribution >= 0.6 is 0 Å². The number of aromatic nitrogens is 2. The summed E-state index contributed by atoms with van der Waals surface area (Å²) in [5, 5.41) is 0. The zero-order valence-corrected chi connectivity index (χ0v) is 12.4. The van der Waals surface area contributed by atoms with Crippen molar-refractivity contribution in [1.29, 1.82) is 0 Å². The molecule has 0 bridgehead atoms. The van der Waals surface area contributed by atoms with Crippen LogP contribution in [-0.2, 0) is 6.54 Å². The monoisotopic (exact) mass is 344 g/mol. The van der Waals surface area contributed by atoms with Crippen LogP contribution in [0.15, 0.2) is 18.5 Å². The number of halogens is 5. The van der Waals surface area contributed by atoms with E-state index in [1.54, 1.807) is 23.4 Å². The Hall–Kier alpha value is -2.29. The second-order valence-corrected chi connectivity index (χ2v) is 5.36. The summed E-state index contributed by atoms with van der Waals surface area (Å²) in [5.41, 5.74) is -0.809. The van der Waals surface area contributed by atoms with Crippen molar-refractivity contribution in [2.45, 2.75) is 6.54 Å². The maximum Gasteiger partial charge on any atom is 0.225 e. The largest absolute Gasteiger partial charge is 0.338 e. The number of nitrogens with zero attached hydrogens (tertiary/aromatic N) is 4. The van der Waals surface area contributed by atoms with Crippen molar-refractivity contribution in [2.75, 3.05) is 31.1 Å². The summed E-state index contributed by atoms with van der Waals surface area (Å²) in [4.78, 5) is 11.7. The summed E-state index contributed by atoms with van der Waals surface area (Å²) in [6.45, 7) is 1.39. The van der Waals surface area contributed by atoms with Gasteiger partial charge in [0.1, 0.15) is 0 Å². The Morgan fingerprint density at radius 2 is 1.25 bits per heavy atom. The van der Waals surface area contributed by atoms with Gasteiger partial charge in [-0.15, -0.1) is 0 Å². The molecule has 0 unspecified atom stereocenters. The number of anilines is 1. The molecule has 1 fully saturated rings. The molecule has 1 aliphatic heterocycles. The number of benzene rings is 1. The van der Waals surface area contributed by atoms with Gasteiger partial charge in [0, 0.05) is 50.7 Å². The first-order valence-electron chi connectivity index (χ1n) is 7.23. The number of hydrogen-bond donors (Lipinski definition) is 0. The van der Waals surface area contributed by atoms with Crippen LogP contribution in [0.1, 0.15) is 5.56 Å². The molecule has 2 aromatic rings. The van der Waals surface area contributed by atoms with Crippen LogP contribution in [0, 0.1) is 29.1 Å². The number of rotatable bonds is 3. The van der Waals surface area contributed by atoms with E-state index in [4.69, 9.17) is 0 Å². The lowest BCUT2D eigenvalue weighted by molar-refractivity contribution is 0.237. The Bertz CT molecular complexity index is 703. The molecule has 0 spiro atoms. The van der Waals surface area contributed by atoms with Crippen molar-refractivity contribution in [3.05, 3.63) is 53.1 Å². The summed E-state index contributed by atoms with van der Waals surface area (Å²) in [7, 11) is 0. The summed E-state index contributed by atoms with van der Waals surface area (Å²) in [6.07, 6.45) is 3.20. The van der Waals surface area contributed by atoms with Crippen molar-refractivity contribution in [3.63, 3.8) is 0 Å². The zero-order chi connectivity index (χ0) is 17.3. The molecule has 1 aliphatic rings. The topological polar surface area (TPSA) is 32.3 Å². The molecule has 2 heterocycles. The minimum absolute atomic E-state index is 0.352. The van der Waals surface area contributed by atoms with Crippen molar-refractivity contribution in [1.82, 2.24) is 14.9 Å². The fraction of sp³-hybridized carbons (Fsp3) is 0.333. The first-order chi connectivity index (χ1) is 11.5. The maximum absolute atomic E-state index is 13.7. The average molecular weight is 344 g/mol. The molecule has 0 N–H and O–H groups in total. The second kappa shape index (κ2) is 6.68. The third-order valence-corrected chi connectivity index (χ3v) is 3.89. The lowest BCUT2D eigenvalue weighted by Crippen LogP contribution is -2.46. The molecular formula is C15H13F5N4. The highest BCUT2D eigenvalue weighted by Crippen LogP contribution is 2.24. The van der Waals surface area contributed by atoms with Gasteiger partial charge in [-0.2, -0.15) is 0 Å². The molecule has 128 valence electrons. The smallest absolute Gasteiger partial charge is 0.225 e. The van der Waals surface area contributed by atoms with E-state index in [0.717, 1.165) is 0 Å². The van der Waals surface area contributed by atoms with Crippen molar-refractivity contribution in [2.24, 2.45) is 0 Å². The van der Waals surface area contributed by atoms with Crippen molar-refractivity contribution >= 4 is 5.95 Å². The van der Waals surface area contributed by atoms with Crippen LogP contribution in [0.25, 0.3) is 0 Å². The minimum atomic E-state index is -2.14. The summed E-state index contributed by atoms with van der Waals surface area (Å²) in [5.74, 6) is -8.99. The average Bonchev–Trinajstić information content (AvgIpc) is 2.63. The number of piperazine rings is 1. The highest BCUT2D eigenvalue weighted by atomic mass is 19.2. The molecule has 1 saturated heterocycles. The van der Waals surface area contributed by atoms with Crippen LogP contribution in [-0.4, -0.2) is 41.0 Å². The van der Waals surface area contributed by atoms with Crippen LogP contribution in [0.4, 0.5) is 27.9 Å². The van der Waals surface area contributed by atoms with E-state index in [1.165, 1.54) is 0 Å². The molecule has 1 aromatic heterocycles. The highest BCUT2D eigenvalue weighted by Gasteiger charge is 2.28. The Labute approximate surface area is 134 Å². The van der Waals surface area contributed by atoms with Crippen LogP contribution in [0.5, 0.6) is 0 Å². The normalized spacial score (nSPS) is 15.8. The minimum Gasteiger partial charge on any atom is -0.338 e. The summed E-state index contributed by atoms with van der Waals surface area (Å²) < 4.78 is 67.0. The van der Waals surface area contributed by atoms with Crippen molar-refractivity contribution < 1.29 is 22.0 Å². The van der Waals surface area contributed by atoms with E-state index in [0.29, 0.717) is 32.1 Å². The zero-order valence-electron chi connectivity index (χ0n) is 12.4. The maximum atomic E-state index is 13.7. The molecule has 0 amide bonds. The van der Waals surface area contributed by atoms with Gasteiger partial charge in [0.2, 0.25) is 11.8 Å². The molecule has 0 saturated carbocycles. The van der Waals surface area contributed by atoms with E-state index < -0.39 is 34.6 Å². The molecule has 9 heteroatoms. The Balaban J connectivity index is 1.71. The molecule has 3 rings (SSSR count). The van der Waals surface area contributed by atoms with Gasteiger partial charge in [-0.1, -0.05) is 0 Å². The summed E-state index contributed by atoms with van der Waals surface area (Å²) in [6, 6.07) is 1.68. The van der Waals surface area contributed by atoms with E-state index in [-0.39, 0.29) is 6.54 Å². The number of hydrogen-bond acceptors (Lipinski definition) is 4. The molecule has 4 nitrogen and oxygen atoms in total. The van der Waals surface area contributed by atoms with E-state index >= 15 is 0 Å². The fourth-order valence-corrected chi connectivity index (χ4v) is 2.57. The molecule has 1 aromatic carbocycles. The molecule has 0 atom stereocenters. The van der Waals surface area contributed by atoms with Gasteiger partial charge in [0.05, 0.1) is 0 Å². The predicted octanol–water partition coefficient (Wildman–Crippen LogP) is 2.49. The molecule has 0 aliphatic carbocycles. The van der Waals surface area contributed by atoms with Crippen molar-refractivity contribution in [3.8, 4) is 0 Å². The third kappa shape index (κ3) is 3.03. The van der Waals surface area contributed by atoms with E-state index in [1.807, 2.05) is 4.90 Å². The molecule has 0 radical (unpaired) electrons. The quantitative estimate of drug-likeness (QED) is 0.487. The second-order valence-electron chi connectivity index (χ2n) is 5.36. The van der Waals surface area contributed by atoms with Crippen LogP contribution in [0.2, 0.25) is 0 Å². The molecular weight excluding hydrogens is 331 g/mol. The fourth-order valence-electron chi connectivity index (χ4n) is 2.57. The lowest BCUT2D eigenvalue weighted by atomic mass is 10.1. The van der Waals surface area contributed by atoms with Crippen LogP contribution in [0.3, 0.4) is 0 Å². The van der Waals surface area contributed by atoms with Gasteiger partial charge >= 0.3 is 0 Å². The Morgan fingerprint density at radius 3 is 1.79 bits per heavy atom. The van der Waals surface area contributed by atoms with Gasteiger partial charge in [-0.25, -0.2) is 31.9 Å². The van der Waals surface area contributed by atoms with Gasteiger partial charge in [-0.05, 0) is 6.07 Å². The lowest BCUT2D eigenvalue weighted by Gasteiger charge is -2.34. The van der Waals surface area contributed by atoms with Gasteiger partial charge in [0.15, 0.2) is 23.3 Å². The van der Waals surface area contributed by atoms with E-state index in [9.17, 15) is 22.0 Å². The standard InChI is InChI=1S/C15H13F5N4/c16-10-9(11(17)13(19)14(20)12(10)18)8-23-4-6-24(7-5-23)15-21-2-1-3-22-15/h1-3H,4-8H2. The first kappa shape index (κ1) is 16.6. The third-order valence-electron chi connectivity index (χ3n) is 3.89. The predicted molar refractivity (Wildman–Crippen MR) is 75.8 cm³/mol. The van der Waals surface area contributed by atoms with Gasteiger partial charge in [0.25, 0.3) is 0 Å². The highest BCUT2D eigenvalue weighted by molar-refractivity contribution is 5.29. The van der Waals surface area contributed by atoms with Gasteiger partial charge in [-0.3, -0.25) is 4.90 Å². The Kier molecular flexibility index (Phi) is 4.61. The van der Waals surface area contributed by atoms with E-state index in [2.05, 4.69) is 9.97 Å². The van der Waals surface area contributed by atoms with Crippen LogP contribution < -0.4 is 4.90 Å².